The lowest BCUT2D eigenvalue weighted by Gasteiger charge is -2.13. The van der Waals surface area contributed by atoms with Gasteiger partial charge in [-0.05, 0) is 56.2 Å². The van der Waals surface area contributed by atoms with Crippen molar-refractivity contribution in [3.05, 3.63) is 63.5 Å². The third kappa shape index (κ3) is 2.68. The van der Waals surface area contributed by atoms with Gasteiger partial charge in [0.05, 0.1) is 17.9 Å². The van der Waals surface area contributed by atoms with Crippen molar-refractivity contribution in [2.45, 2.75) is 27.3 Å². The van der Waals surface area contributed by atoms with Crippen LogP contribution in [-0.4, -0.2) is 9.38 Å². The molecule has 4 heteroatoms. The third-order valence-corrected chi connectivity index (χ3v) is 4.22. The summed E-state index contributed by atoms with van der Waals surface area (Å²) in [5, 5.41) is 3.56. The minimum atomic E-state index is 0.764. The van der Waals surface area contributed by atoms with Crippen LogP contribution in [0.25, 0.3) is 5.65 Å². The van der Waals surface area contributed by atoms with Crippen molar-refractivity contribution in [1.82, 2.24) is 9.38 Å². The maximum Gasteiger partial charge on any atom is 0.137 e. The summed E-state index contributed by atoms with van der Waals surface area (Å²) in [5.74, 6) is 0. The first kappa shape index (κ1) is 14.1. The SMILES string of the molecule is Cc1cc(Br)cc(C)c1NCc1c(C)nc2ccccn12. The molecule has 1 N–H and O–H groups in total. The number of hydrogen-bond acceptors (Lipinski definition) is 2. The number of anilines is 1. The van der Waals surface area contributed by atoms with Crippen LogP contribution in [0.2, 0.25) is 0 Å². The molecule has 0 saturated heterocycles. The molecule has 1 aromatic carbocycles. The van der Waals surface area contributed by atoms with Crippen LogP contribution >= 0.6 is 15.9 Å². The molecule has 0 aliphatic rings. The van der Waals surface area contributed by atoms with Gasteiger partial charge < -0.3 is 9.72 Å². The van der Waals surface area contributed by atoms with Gasteiger partial charge in [0.25, 0.3) is 0 Å². The number of hydrogen-bond donors (Lipinski definition) is 1. The van der Waals surface area contributed by atoms with E-state index in [0.29, 0.717) is 0 Å². The lowest BCUT2D eigenvalue weighted by atomic mass is 10.1. The van der Waals surface area contributed by atoms with Gasteiger partial charge in [0.15, 0.2) is 0 Å². The van der Waals surface area contributed by atoms with E-state index in [0.717, 1.165) is 22.4 Å². The molecule has 0 radical (unpaired) electrons. The second kappa shape index (κ2) is 5.53. The van der Waals surface area contributed by atoms with Gasteiger partial charge in [0.1, 0.15) is 5.65 Å². The number of imidazole rings is 1. The highest BCUT2D eigenvalue weighted by Crippen LogP contribution is 2.26. The van der Waals surface area contributed by atoms with E-state index in [4.69, 9.17) is 0 Å². The van der Waals surface area contributed by atoms with Gasteiger partial charge in [0, 0.05) is 16.4 Å². The molecule has 2 aromatic heterocycles. The second-order valence-electron chi connectivity index (χ2n) is 5.34. The quantitative estimate of drug-likeness (QED) is 0.750. The van der Waals surface area contributed by atoms with E-state index in [-0.39, 0.29) is 0 Å². The van der Waals surface area contributed by atoms with E-state index in [1.165, 1.54) is 22.5 Å². The zero-order valence-electron chi connectivity index (χ0n) is 12.4. The molecular weight excluding hydrogens is 326 g/mol. The van der Waals surface area contributed by atoms with Crippen LogP contribution in [0.5, 0.6) is 0 Å². The molecule has 21 heavy (non-hydrogen) atoms. The molecular formula is C17H18BrN3. The molecule has 0 spiro atoms. The average molecular weight is 344 g/mol. The molecule has 0 unspecified atom stereocenters. The Hall–Kier alpha value is -1.81. The Balaban J connectivity index is 1.92. The lowest BCUT2D eigenvalue weighted by molar-refractivity contribution is 0.982. The summed E-state index contributed by atoms with van der Waals surface area (Å²) in [6, 6.07) is 10.4. The van der Waals surface area contributed by atoms with Crippen molar-refractivity contribution in [1.29, 1.82) is 0 Å². The van der Waals surface area contributed by atoms with E-state index in [9.17, 15) is 0 Å². The standard InChI is InChI=1S/C17H18BrN3/c1-11-8-14(18)9-12(2)17(11)19-10-15-13(3)20-16-6-4-5-7-21(15)16/h4-9,19H,10H2,1-3H3. The number of rotatable bonds is 3. The fourth-order valence-electron chi connectivity index (χ4n) is 2.74. The van der Waals surface area contributed by atoms with Crippen LogP contribution in [0.15, 0.2) is 41.0 Å². The molecule has 0 atom stereocenters. The second-order valence-corrected chi connectivity index (χ2v) is 6.26. The largest absolute Gasteiger partial charge is 0.379 e. The Bertz CT molecular complexity index is 782. The van der Waals surface area contributed by atoms with Crippen molar-refractivity contribution >= 4 is 27.3 Å². The maximum atomic E-state index is 4.60. The predicted molar refractivity (Wildman–Crippen MR) is 90.9 cm³/mol. The summed E-state index contributed by atoms with van der Waals surface area (Å²) in [6.45, 7) is 7.08. The minimum absolute atomic E-state index is 0.764. The topological polar surface area (TPSA) is 29.3 Å². The number of nitrogens with one attached hydrogen (secondary N) is 1. The van der Waals surface area contributed by atoms with Gasteiger partial charge in [-0.25, -0.2) is 4.98 Å². The smallest absolute Gasteiger partial charge is 0.137 e. The summed E-state index contributed by atoms with van der Waals surface area (Å²) >= 11 is 3.54. The fraction of sp³-hybridized carbons (Fsp3) is 0.235. The van der Waals surface area contributed by atoms with Crippen LogP contribution in [0.4, 0.5) is 5.69 Å². The minimum Gasteiger partial charge on any atom is -0.379 e. The molecule has 2 heterocycles. The number of pyridine rings is 1. The zero-order valence-corrected chi connectivity index (χ0v) is 14.0. The Labute approximate surface area is 133 Å². The maximum absolute atomic E-state index is 4.60. The number of halogens is 1. The van der Waals surface area contributed by atoms with E-state index in [1.54, 1.807) is 0 Å². The van der Waals surface area contributed by atoms with E-state index >= 15 is 0 Å². The monoisotopic (exact) mass is 343 g/mol. The number of fused-ring (bicyclic) bond motifs is 1. The molecule has 3 nitrogen and oxygen atoms in total. The first-order valence-corrected chi connectivity index (χ1v) is 7.79. The number of aryl methyl sites for hydroxylation is 3. The average Bonchev–Trinajstić information content (AvgIpc) is 2.73. The molecule has 3 aromatic rings. The fourth-order valence-corrected chi connectivity index (χ4v) is 3.43. The van der Waals surface area contributed by atoms with E-state index < -0.39 is 0 Å². The van der Waals surface area contributed by atoms with Gasteiger partial charge in [0.2, 0.25) is 0 Å². The van der Waals surface area contributed by atoms with Gasteiger partial charge in [-0.1, -0.05) is 22.0 Å². The van der Waals surface area contributed by atoms with Crippen LogP contribution in [0, 0.1) is 20.8 Å². The molecule has 0 bridgehead atoms. The molecule has 0 aliphatic heterocycles. The van der Waals surface area contributed by atoms with Crippen molar-refractivity contribution in [2.24, 2.45) is 0 Å². The molecule has 0 saturated carbocycles. The summed E-state index contributed by atoms with van der Waals surface area (Å²) in [5.41, 5.74) is 6.95. The summed E-state index contributed by atoms with van der Waals surface area (Å²) in [7, 11) is 0. The Kier molecular flexibility index (Phi) is 3.72. The predicted octanol–water partition coefficient (Wildman–Crippen LogP) is 4.63. The van der Waals surface area contributed by atoms with Gasteiger partial charge in [-0.2, -0.15) is 0 Å². The van der Waals surface area contributed by atoms with Crippen LogP contribution in [-0.2, 0) is 6.54 Å². The van der Waals surface area contributed by atoms with Gasteiger partial charge in [-0.15, -0.1) is 0 Å². The van der Waals surface area contributed by atoms with E-state index in [2.05, 4.69) is 69.7 Å². The molecule has 0 fully saturated rings. The van der Waals surface area contributed by atoms with Crippen molar-refractivity contribution in [3.8, 4) is 0 Å². The Morgan fingerprint density at radius 2 is 1.86 bits per heavy atom. The third-order valence-electron chi connectivity index (χ3n) is 3.76. The van der Waals surface area contributed by atoms with Gasteiger partial charge in [-0.3, -0.25) is 0 Å². The van der Waals surface area contributed by atoms with Crippen LogP contribution < -0.4 is 5.32 Å². The summed E-state index contributed by atoms with van der Waals surface area (Å²) in [4.78, 5) is 4.60. The highest BCUT2D eigenvalue weighted by molar-refractivity contribution is 9.10. The Morgan fingerprint density at radius 3 is 2.57 bits per heavy atom. The highest BCUT2D eigenvalue weighted by Gasteiger charge is 2.09. The number of aromatic nitrogens is 2. The van der Waals surface area contributed by atoms with Gasteiger partial charge >= 0.3 is 0 Å². The summed E-state index contributed by atoms with van der Waals surface area (Å²) < 4.78 is 3.26. The first-order chi connectivity index (χ1) is 10.1. The van der Waals surface area contributed by atoms with Crippen LogP contribution in [0.1, 0.15) is 22.5 Å². The normalized spacial score (nSPS) is 11.0. The molecule has 3 rings (SSSR count). The Morgan fingerprint density at radius 1 is 1.14 bits per heavy atom. The van der Waals surface area contributed by atoms with Crippen molar-refractivity contribution in [3.63, 3.8) is 0 Å². The van der Waals surface area contributed by atoms with Crippen LogP contribution in [0.3, 0.4) is 0 Å². The number of benzene rings is 1. The molecule has 0 amide bonds. The first-order valence-electron chi connectivity index (χ1n) is 6.99. The van der Waals surface area contributed by atoms with Crippen molar-refractivity contribution in [2.75, 3.05) is 5.32 Å². The lowest BCUT2D eigenvalue weighted by Crippen LogP contribution is -2.06. The van der Waals surface area contributed by atoms with Crippen molar-refractivity contribution < 1.29 is 0 Å². The molecule has 108 valence electrons. The van der Waals surface area contributed by atoms with E-state index in [1.807, 2.05) is 18.2 Å². The molecule has 0 aliphatic carbocycles. The summed E-state index contributed by atoms with van der Waals surface area (Å²) in [6.07, 6.45) is 2.06. The highest BCUT2D eigenvalue weighted by atomic mass is 79.9. The zero-order chi connectivity index (χ0) is 15.0. The number of nitrogens with zero attached hydrogens (tertiary/aromatic N) is 2.